The number of rotatable bonds is 4. The van der Waals surface area contributed by atoms with E-state index in [9.17, 15) is 4.79 Å². The SMILES string of the molecule is Cc1nc(C(=O)OCc2ccccc2)oc1-c1ccccc1. The van der Waals surface area contributed by atoms with Gasteiger partial charge in [0.2, 0.25) is 0 Å². The Morgan fingerprint density at radius 2 is 1.68 bits per heavy atom. The van der Waals surface area contributed by atoms with E-state index in [1.54, 1.807) is 6.92 Å². The Morgan fingerprint density at radius 1 is 1.05 bits per heavy atom. The van der Waals surface area contributed by atoms with Crippen LogP contribution in [0, 0.1) is 6.92 Å². The van der Waals surface area contributed by atoms with Gasteiger partial charge in [-0.3, -0.25) is 0 Å². The van der Waals surface area contributed by atoms with Crippen molar-refractivity contribution in [2.75, 3.05) is 0 Å². The Labute approximate surface area is 128 Å². The van der Waals surface area contributed by atoms with E-state index in [0.717, 1.165) is 11.1 Å². The second-order valence-electron chi connectivity index (χ2n) is 4.86. The molecule has 1 heterocycles. The number of hydrogen-bond acceptors (Lipinski definition) is 4. The lowest BCUT2D eigenvalue weighted by atomic mass is 10.1. The van der Waals surface area contributed by atoms with Crippen LogP contribution in [-0.4, -0.2) is 11.0 Å². The van der Waals surface area contributed by atoms with Crippen LogP contribution in [0.4, 0.5) is 0 Å². The Morgan fingerprint density at radius 3 is 2.36 bits per heavy atom. The lowest BCUT2D eigenvalue weighted by Gasteiger charge is -2.01. The number of oxazole rings is 1. The van der Waals surface area contributed by atoms with Gasteiger partial charge in [-0.2, -0.15) is 0 Å². The van der Waals surface area contributed by atoms with Gasteiger partial charge in [-0.25, -0.2) is 9.78 Å². The second kappa shape index (κ2) is 6.26. The molecule has 0 N–H and O–H groups in total. The highest BCUT2D eigenvalue weighted by molar-refractivity contribution is 5.85. The summed E-state index contributed by atoms with van der Waals surface area (Å²) in [6, 6.07) is 19.0. The highest BCUT2D eigenvalue weighted by Gasteiger charge is 2.19. The molecular weight excluding hydrogens is 278 g/mol. The molecule has 0 unspecified atom stereocenters. The fourth-order valence-corrected chi connectivity index (χ4v) is 2.13. The van der Waals surface area contributed by atoms with Gasteiger partial charge in [0.1, 0.15) is 6.61 Å². The van der Waals surface area contributed by atoms with Crippen LogP contribution < -0.4 is 0 Å². The summed E-state index contributed by atoms with van der Waals surface area (Å²) in [5.74, 6) is 0.00804. The van der Waals surface area contributed by atoms with Gasteiger partial charge in [0.05, 0.1) is 5.69 Å². The van der Waals surface area contributed by atoms with Gasteiger partial charge in [0.15, 0.2) is 5.76 Å². The van der Waals surface area contributed by atoms with E-state index in [1.807, 2.05) is 60.7 Å². The molecule has 0 atom stereocenters. The first-order chi connectivity index (χ1) is 10.7. The predicted octanol–water partition coefficient (Wildman–Crippen LogP) is 4.01. The summed E-state index contributed by atoms with van der Waals surface area (Å²) < 4.78 is 10.8. The minimum absolute atomic E-state index is 0.0210. The Bertz CT molecular complexity index is 764. The van der Waals surface area contributed by atoms with Crippen molar-refractivity contribution in [1.29, 1.82) is 0 Å². The van der Waals surface area contributed by atoms with Crippen LogP contribution in [0.5, 0.6) is 0 Å². The van der Waals surface area contributed by atoms with Crippen LogP contribution >= 0.6 is 0 Å². The van der Waals surface area contributed by atoms with E-state index in [0.29, 0.717) is 11.5 Å². The van der Waals surface area contributed by atoms with Crippen LogP contribution in [0.1, 0.15) is 21.9 Å². The van der Waals surface area contributed by atoms with Gasteiger partial charge in [0.25, 0.3) is 0 Å². The summed E-state index contributed by atoms with van der Waals surface area (Å²) in [6.45, 7) is 2.00. The summed E-state index contributed by atoms with van der Waals surface area (Å²) in [5.41, 5.74) is 2.47. The van der Waals surface area contributed by atoms with Crippen LogP contribution in [0.3, 0.4) is 0 Å². The molecule has 22 heavy (non-hydrogen) atoms. The molecular formula is C18H15NO3. The van der Waals surface area contributed by atoms with Gasteiger partial charge in [-0.15, -0.1) is 0 Å². The number of aromatic nitrogens is 1. The number of carbonyl (C=O) groups is 1. The molecule has 3 aromatic rings. The second-order valence-corrected chi connectivity index (χ2v) is 4.86. The number of esters is 1. The Hall–Kier alpha value is -2.88. The highest BCUT2D eigenvalue weighted by atomic mass is 16.5. The zero-order chi connectivity index (χ0) is 15.4. The van der Waals surface area contributed by atoms with Crippen molar-refractivity contribution in [2.45, 2.75) is 13.5 Å². The van der Waals surface area contributed by atoms with E-state index in [-0.39, 0.29) is 12.5 Å². The monoisotopic (exact) mass is 293 g/mol. The molecule has 2 aromatic carbocycles. The maximum atomic E-state index is 12.0. The first-order valence-corrected chi connectivity index (χ1v) is 6.98. The Kier molecular flexibility index (Phi) is 4.01. The number of benzene rings is 2. The minimum atomic E-state index is -0.561. The van der Waals surface area contributed by atoms with Crippen molar-refractivity contribution in [3.63, 3.8) is 0 Å². The summed E-state index contributed by atoms with van der Waals surface area (Å²) in [5, 5.41) is 0. The number of aryl methyl sites for hydroxylation is 1. The molecule has 3 rings (SSSR count). The maximum absolute atomic E-state index is 12.0. The fraction of sp³-hybridized carbons (Fsp3) is 0.111. The molecule has 4 heteroatoms. The summed E-state index contributed by atoms with van der Waals surface area (Å²) in [7, 11) is 0. The molecule has 110 valence electrons. The lowest BCUT2D eigenvalue weighted by molar-refractivity contribution is 0.0427. The van der Waals surface area contributed by atoms with Crippen molar-refractivity contribution in [3.8, 4) is 11.3 Å². The average Bonchev–Trinajstić information content (AvgIpc) is 2.96. The molecule has 0 aliphatic heterocycles. The van der Waals surface area contributed by atoms with E-state index in [4.69, 9.17) is 9.15 Å². The van der Waals surface area contributed by atoms with Crippen molar-refractivity contribution in [2.24, 2.45) is 0 Å². The first-order valence-electron chi connectivity index (χ1n) is 6.98. The first kappa shape index (κ1) is 14.1. The topological polar surface area (TPSA) is 52.3 Å². The predicted molar refractivity (Wildman–Crippen MR) is 82.2 cm³/mol. The summed E-state index contributed by atoms with van der Waals surface area (Å²) in [6.07, 6.45) is 0. The number of ether oxygens (including phenoxy) is 1. The quantitative estimate of drug-likeness (QED) is 0.682. The molecule has 4 nitrogen and oxygen atoms in total. The zero-order valence-corrected chi connectivity index (χ0v) is 12.2. The third kappa shape index (κ3) is 3.06. The molecule has 0 radical (unpaired) electrons. The van der Waals surface area contributed by atoms with Crippen molar-refractivity contribution in [3.05, 3.63) is 77.8 Å². The smallest absolute Gasteiger partial charge is 0.395 e. The van der Waals surface area contributed by atoms with Crippen molar-refractivity contribution >= 4 is 5.97 Å². The van der Waals surface area contributed by atoms with E-state index >= 15 is 0 Å². The van der Waals surface area contributed by atoms with Crippen LogP contribution in [0.15, 0.2) is 65.1 Å². The van der Waals surface area contributed by atoms with Gasteiger partial charge < -0.3 is 9.15 Å². The number of carbonyl (C=O) groups excluding carboxylic acids is 1. The molecule has 0 amide bonds. The third-order valence-electron chi connectivity index (χ3n) is 3.22. The number of hydrogen-bond donors (Lipinski definition) is 0. The summed E-state index contributed by atoms with van der Waals surface area (Å²) >= 11 is 0. The molecule has 0 bridgehead atoms. The summed E-state index contributed by atoms with van der Waals surface area (Å²) in [4.78, 5) is 16.2. The fourth-order valence-electron chi connectivity index (χ4n) is 2.13. The number of nitrogens with zero attached hydrogens (tertiary/aromatic N) is 1. The molecule has 0 spiro atoms. The van der Waals surface area contributed by atoms with Gasteiger partial charge in [0, 0.05) is 5.56 Å². The standard InChI is InChI=1S/C18H15NO3/c1-13-16(15-10-6-3-7-11-15)22-17(19-13)18(20)21-12-14-8-4-2-5-9-14/h2-11H,12H2,1H3. The molecule has 0 saturated heterocycles. The molecule has 0 aliphatic carbocycles. The molecule has 1 aromatic heterocycles. The van der Waals surface area contributed by atoms with E-state index < -0.39 is 5.97 Å². The molecule has 0 fully saturated rings. The maximum Gasteiger partial charge on any atom is 0.395 e. The van der Waals surface area contributed by atoms with Crippen LogP contribution in [-0.2, 0) is 11.3 Å². The normalized spacial score (nSPS) is 10.4. The van der Waals surface area contributed by atoms with E-state index in [2.05, 4.69) is 4.98 Å². The largest absolute Gasteiger partial charge is 0.454 e. The zero-order valence-electron chi connectivity index (χ0n) is 12.2. The average molecular weight is 293 g/mol. The Balaban J connectivity index is 1.74. The molecule has 0 saturated carbocycles. The van der Waals surface area contributed by atoms with Gasteiger partial charge in [-0.1, -0.05) is 60.7 Å². The third-order valence-corrected chi connectivity index (χ3v) is 3.22. The van der Waals surface area contributed by atoms with Gasteiger partial charge in [-0.05, 0) is 12.5 Å². The van der Waals surface area contributed by atoms with Crippen molar-refractivity contribution < 1.29 is 13.9 Å². The van der Waals surface area contributed by atoms with Crippen molar-refractivity contribution in [1.82, 2.24) is 4.98 Å². The minimum Gasteiger partial charge on any atom is -0.454 e. The lowest BCUT2D eigenvalue weighted by Crippen LogP contribution is -2.05. The highest BCUT2D eigenvalue weighted by Crippen LogP contribution is 2.24. The van der Waals surface area contributed by atoms with Crippen LogP contribution in [0.2, 0.25) is 0 Å². The van der Waals surface area contributed by atoms with Gasteiger partial charge >= 0.3 is 11.9 Å². The van der Waals surface area contributed by atoms with E-state index in [1.165, 1.54) is 0 Å². The molecule has 0 aliphatic rings. The van der Waals surface area contributed by atoms with Crippen LogP contribution in [0.25, 0.3) is 11.3 Å².